The molecule has 3 aromatic rings. The van der Waals surface area contributed by atoms with Crippen LogP contribution in [0.15, 0.2) is 66.7 Å². The first-order chi connectivity index (χ1) is 14.7. The summed E-state index contributed by atoms with van der Waals surface area (Å²) in [5.74, 6) is -1.65. The van der Waals surface area contributed by atoms with Gasteiger partial charge in [0.2, 0.25) is 0 Å². The van der Waals surface area contributed by atoms with Gasteiger partial charge in [-0.15, -0.1) is 0 Å². The van der Waals surface area contributed by atoms with Crippen molar-refractivity contribution in [3.8, 4) is 0 Å². The Bertz CT molecular complexity index is 1160. The first-order valence-electron chi connectivity index (χ1n) is 10.0. The number of hydrogen-bond acceptors (Lipinski definition) is 3. The van der Waals surface area contributed by atoms with E-state index in [2.05, 4.69) is 24.5 Å². The normalized spacial score (nSPS) is 16.7. The van der Waals surface area contributed by atoms with Gasteiger partial charge in [-0.25, -0.2) is 9.18 Å². The number of amides is 1. The zero-order chi connectivity index (χ0) is 22.2. The molecule has 1 amide bonds. The van der Waals surface area contributed by atoms with Gasteiger partial charge in [0.1, 0.15) is 5.82 Å². The maximum Gasteiger partial charge on any atom is 0.335 e. The summed E-state index contributed by atoms with van der Waals surface area (Å²) in [6.45, 7) is 4.18. The number of rotatable bonds is 4. The SMILES string of the molecule is CC1(C)CC(c2ccccc2NC(=O)c2ccc(F)cc2)Nc2ccc(C(=O)O)cc21. The highest BCUT2D eigenvalue weighted by Gasteiger charge is 2.35. The zero-order valence-corrected chi connectivity index (χ0v) is 17.3. The first-order valence-corrected chi connectivity index (χ1v) is 10.0. The third-order valence-electron chi connectivity index (χ3n) is 5.73. The lowest BCUT2D eigenvalue weighted by molar-refractivity contribution is 0.0696. The maximum atomic E-state index is 13.2. The zero-order valence-electron chi connectivity index (χ0n) is 17.3. The Balaban J connectivity index is 1.64. The minimum Gasteiger partial charge on any atom is -0.478 e. The number of carbonyl (C=O) groups excluding carboxylic acids is 1. The number of carbonyl (C=O) groups is 2. The van der Waals surface area contributed by atoms with Gasteiger partial charge in [-0.3, -0.25) is 4.79 Å². The van der Waals surface area contributed by atoms with Gasteiger partial charge < -0.3 is 15.7 Å². The van der Waals surface area contributed by atoms with Gasteiger partial charge in [-0.2, -0.15) is 0 Å². The molecule has 158 valence electrons. The van der Waals surface area contributed by atoms with Crippen molar-refractivity contribution in [3.05, 3.63) is 94.8 Å². The minimum absolute atomic E-state index is 0.0807. The smallest absolute Gasteiger partial charge is 0.335 e. The topological polar surface area (TPSA) is 78.4 Å². The van der Waals surface area contributed by atoms with Crippen molar-refractivity contribution in [2.75, 3.05) is 10.6 Å². The highest BCUT2D eigenvalue weighted by atomic mass is 19.1. The van der Waals surface area contributed by atoms with Gasteiger partial charge in [-0.05, 0) is 71.5 Å². The number of nitrogens with one attached hydrogen (secondary N) is 2. The summed E-state index contributed by atoms with van der Waals surface area (Å²) in [6, 6.07) is 18.0. The second-order valence-corrected chi connectivity index (χ2v) is 8.40. The third-order valence-corrected chi connectivity index (χ3v) is 5.73. The number of para-hydroxylation sites is 1. The molecule has 5 nitrogen and oxygen atoms in total. The van der Waals surface area contributed by atoms with Crippen molar-refractivity contribution < 1.29 is 19.1 Å². The molecule has 3 aromatic carbocycles. The van der Waals surface area contributed by atoms with Crippen LogP contribution >= 0.6 is 0 Å². The second kappa shape index (κ2) is 7.87. The molecule has 3 N–H and O–H groups in total. The van der Waals surface area contributed by atoms with Crippen LogP contribution in [-0.2, 0) is 5.41 Å². The molecule has 6 heteroatoms. The molecule has 31 heavy (non-hydrogen) atoms. The van der Waals surface area contributed by atoms with Gasteiger partial charge >= 0.3 is 5.97 Å². The standard InChI is InChI=1S/C25H23FN2O3/c1-25(2)14-22(27-21-12-9-16(24(30)31)13-19(21)25)18-5-3-4-6-20(18)28-23(29)15-7-10-17(26)11-8-15/h3-13,22,27H,14H2,1-2H3,(H,28,29)(H,30,31). The van der Waals surface area contributed by atoms with Crippen LogP contribution in [0.4, 0.5) is 15.8 Å². The predicted molar refractivity (Wildman–Crippen MR) is 118 cm³/mol. The monoisotopic (exact) mass is 418 g/mol. The summed E-state index contributed by atoms with van der Waals surface area (Å²) in [4.78, 5) is 24.1. The molecule has 0 aromatic heterocycles. The van der Waals surface area contributed by atoms with Gasteiger partial charge in [0.05, 0.1) is 11.6 Å². The van der Waals surface area contributed by atoms with E-state index in [1.54, 1.807) is 18.2 Å². The summed E-state index contributed by atoms with van der Waals surface area (Å²) in [6.07, 6.45) is 0.715. The minimum atomic E-state index is -0.949. The lowest BCUT2D eigenvalue weighted by Crippen LogP contribution is -2.32. The molecule has 0 radical (unpaired) electrons. The van der Waals surface area contributed by atoms with E-state index < -0.39 is 11.8 Å². The Labute approximate surface area is 179 Å². The lowest BCUT2D eigenvalue weighted by Gasteiger charge is -2.39. The molecule has 1 heterocycles. The van der Waals surface area contributed by atoms with Crippen LogP contribution < -0.4 is 10.6 Å². The van der Waals surface area contributed by atoms with Crippen LogP contribution in [0, 0.1) is 5.82 Å². The molecule has 0 bridgehead atoms. The van der Waals surface area contributed by atoms with Crippen LogP contribution in [0.25, 0.3) is 0 Å². The fraction of sp³-hybridized carbons (Fsp3) is 0.200. The second-order valence-electron chi connectivity index (χ2n) is 8.40. The summed E-state index contributed by atoms with van der Waals surface area (Å²) in [5.41, 5.74) is 3.81. The number of hydrogen-bond donors (Lipinski definition) is 3. The highest BCUT2D eigenvalue weighted by molar-refractivity contribution is 6.04. The lowest BCUT2D eigenvalue weighted by atomic mass is 9.73. The number of aromatic carboxylic acids is 1. The van der Waals surface area contributed by atoms with E-state index in [1.807, 2.05) is 24.3 Å². The van der Waals surface area contributed by atoms with E-state index in [4.69, 9.17) is 0 Å². The number of fused-ring (bicyclic) bond motifs is 1. The number of carboxylic acids is 1. The van der Waals surface area contributed by atoms with E-state index in [-0.39, 0.29) is 22.9 Å². The maximum absolute atomic E-state index is 13.2. The molecule has 1 unspecified atom stereocenters. The molecule has 0 spiro atoms. The highest BCUT2D eigenvalue weighted by Crippen LogP contribution is 2.45. The molecule has 0 saturated heterocycles. The Hall–Kier alpha value is -3.67. The van der Waals surface area contributed by atoms with Crippen LogP contribution in [-0.4, -0.2) is 17.0 Å². The summed E-state index contributed by atoms with van der Waals surface area (Å²) in [5, 5.41) is 15.8. The molecular weight excluding hydrogens is 395 g/mol. The van der Waals surface area contributed by atoms with Crippen molar-refractivity contribution >= 4 is 23.3 Å². The van der Waals surface area contributed by atoms with Crippen LogP contribution in [0.3, 0.4) is 0 Å². The molecule has 1 aliphatic rings. The van der Waals surface area contributed by atoms with E-state index in [0.717, 1.165) is 16.8 Å². The van der Waals surface area contributed by atoms with Crippen molar-refractivity contribution in [1.82, 2.24) is 0 Å². The van der Waals surface area contributed by atoms with Crippen molar-refractivity contribution in [2.45, 2.75) is 31.7 Å². The van der Waals surface area contributed by atoms with E-state index in [1.165, 1.54) is 24.3 Å². The Morgan fingerprint density at radius 1 is 1.03 bits per heavy atom. The molecule has 1 aliphatic heterocycles. The Morgan fingerprint density at radius 2 is 1.71 bits per heavy atom. The predicted octanol–water partition coefficient (Wildman–Crippen LogP) is 5.61. The first kappa shape index (κ1) is 20.6. The average Bonchev–Trinajstić information content (AvgIpc) is 2.73. The average molecular weight is 418 g/mol. The van der Waals surface area contributed by atoms with Gasteiger partial charge in [0.25, 0.3) is 5.91 Å². The van der Waals surface area contributed by atoms with Gasteiger partial charge in [0.15, 0.2) is 0 Å². The molecular formula is C25H23FN2O3. The fourth-order valence-corrected chi connectivity index (χ4v) is 4.12. The van der Waals surface area contributed by atoms with Crippen molar-refractivity contribution in [1.29, 1.82) is 0 Å². The van der Waals surface area contributed by atoms with Crippen molar-refractivity contribution in [2.24, 2.45) is 0 Å². The Morgan fingerprint density at radius 3 is 2.42 bits per heavy atom. The molecule has 0 fully saturated rings. The molecule has 1 atom stereocenters. The number of carboxylic acid groups (broad SMARTS) is 1. The molecule has 0 aliphatic carbocycles. The molecule has 0 saturated carbocycles. The number of anilines is 2. The summed E-state index contributed by atoms with van der Waals surface area (Å²) in [7, 11) is 0. The van der Waals surface area contributed by atoms with Crippen LogP contribution in [0.1, 0.15) is 58.2 Å². The van der Waals surface area contributed by atoms with Crippen molar-refractivity contribution in [3.63, 3.8) is 0 Å². The quantitative estimate of drug-likeness (QED) is 0.515. The third kappa shape index (κ3) is 4.14. The van der Waals surface area contributed by atoms with Gasteiger partial charge in [0, 0.05) is 16.9 Å². The van der Waals surface area contributed by atoms with Crippen LogP contribution in [0.5, 0.6) is 0 Å². The summed E-state index contributed by atoms with van der Waals surface area (Å²) < 4.78 is 13.2. The fourth-order valence-electron chi connectivity index (χ4n) is 4.12. The van der Waals surface area contributed by atoms with Gasteiger partial charge in [-0.1, -0.05) is 32.0 Å². The Kier molecular flexibility index (Phi) is 5.23. The van der Waals surface area contributed by atoms with E-state index in [9.17, 15) is 19.1 Å². The summed E-state index contributed by atoms with van der Waals surface area (Å²) >= 11 is 0. The van der Waals surface area contributed by atoms with Crippen LogP contribution in [0.2, 0.25) is 0 Å². The largest absolute Gasteiger partial charge is 0.478 e. The van der Waals surface area contributed by atoms with E-state index in [0.29, 0.717) is 17.7 Å². The van der Waals surface area contributed by atoms with E-state index >= 15 is 0 Å². The molecule has 4 rings (SSSR count). The number of halogens is 1. The number of benzene rings is 3.